The van der Waals surface area contributed by atoms with Gasteiger partial charge < -0.3 is 21.5 Å². The van der Waals surface area contributed by atoms with Crippen LogP contribution in [-0.4, -0.2) is 33.7 Å². The van der Waals surface area contributed by atoms with Crippen molar-refractivity contribution < 1.29 is 28.3 Å². The molecule has 3 aromatic rings. The minimum atomic E-state index is -1.45. The van der Waals surface area contributed by atoms with Gasteiger partial charge in [-0.2, -0.15) is 0 Å². The molecule has 0 saturated heterocycles. The maximum absolute atomic E-state index is 14.9. The third-order valence-electron chi connectivity index (χ3n) is 6.09. The van der Waals surface area contributed by atoms with Crippen molar-refractivity contribution in [3.8, 4) is 10.4 Å². The van der Waals surface area contributed by atoms with E-state index in [0.29, 0.717) is 25.7 Å². The number of hydrogen-bond acceptors (Lipinski definition) is 7. The Morgan fingerprint density at radius 2 is 1.78 bits per heavy atom. The predicted octanol–water partition coefficient (Wildman–Crippen LogP) is 4.40. The Labute approximate surface area is 215 Å². The van der Waals surface area contributed by atoms with Gasteiger partial charge in [-0.15, -0.1) is 11.3 Å². The summed E-state index contributed by atoms with van der Waals surface area (Å²) < 4.78 is 29.8. The average molecular weight is 529 g/mol. The van der Waals surface area contributed by atoms with Crippen LogP contribution in [0.5, 0.6) is 0 Å². The Morgan fingerprint density at radius 1 is 1.14 bits per heavy atom. The summed E-state index contributed by atoms with van der Waals surface area (Å²) in [6.07, 6.45) is 2.01. The number of thiophene rings is 1. The molecule has 1 aliphatic rings. The molecule has 0 radical (unpaired) electrons. The first-order chi connectivity index (χ1) is 17.4. The van der Waals surface area contributed by atoms with Gasteiger partial charge in [0.1, 0.15) is 33.9 Å². The molecule has 194 valence electrons. The number of rotatable bonds is 7. The number of nitrogens with one attached hydrogen (secondary N) is 2. The van der Waals surface area contributed by atoms with Crippen molar-refractivity contribution in [3.05, 3.63) is 64.9 Å². The number of benzene rings is 1. The van der Waals surface area contributed by atoms with Gasteiger partial charge in [0.15, 0.2) is 0 Å². The largest absolute Gasteiger partial charge is 0.386 e. The maximum Gasteiger partial charge on any atom is 0.270 e. The SMILES string of the molecule is CC(C)(O)c1cc(F)c(-c2cc(C(N)=O)c(Nc3cccc(C(=O)NC4CCC(=O)CC4)n3)s2)c(F)c1. The molecule has 1 aromatic carbocycles. The molecular formula is C26H26F2N4O4S. The van der Waals surface area contributed by atoms with Gasteiger partial charge in [0.05, 0.1) is 16.7 Å². The number of halogens is 2. The van der Waals surface area contributed by atoms with E-state index in [1.165, 1.54) is 26.0 Å². The van der Waals surface area contributed by atoms with Crippen molar-refractivity contribution in [2.45, 2.75) is 51.2 Å². The lowest BCUT2D eigenvalue weighted by Gasteiger charge is -2.22. The van der Waals surface area contributed by atoms with Gasteiger partial charge in [-0.05, 0) is 62.6 Å². The summed E-state index contributed by atoms with van der Waals surface area (Å²) in [6.45, 7) is 2.83. The van der Waals surface area contributed by atoms with Gasteiger partial charge >= 0.3 is 0 Å². The van der Waals surface area contributed by atoms with Crippen molar-refractivity contribution in [1.82, 2.24) is 10.3 Å². The van der Waals surface area contributed by atoms with E-state index < -0.39 is 29.0 Å². The normalized spacial score (nSPS) is 14.5. The monoisotopic (exact) mass is 528 g/mol. The van der Waals surface area contributed by atoms with Crippen LogP contribution in [0.15, 0.2) is 36.4 Å². The van der Waals surface area contributed by atoms with Crippen LogP contribution in [0.1, 0.15) is 65.9 Å². The molecule has 1 aliphatic carbocycles. The molecule has 8 nitrogen and oxygen atoms in total. The van der Waals surface area contributed by atoms with E-state index in [0.717, 1.165) is 23.5 Å². The lowest BCUT2D eigenvalue weighted by Crippen LogP contribution is -2.38. The highest BCUT2D eigenvalue weighted by atomic mass is 32.1. The van der Waals surface area contributed by atoms with Crippen molar-refractivity contribution in [3.63, 3.8) is 0 Å². The Kier molecular flexibility index (Phi) is 7.37. The molecular weight excluding hydrogens is 502 g/mol. The quantitative estimate of drug-likeness (QED) is 0.359. The molecule has 1 fully saturated rings. The third-order valence-corrected chi connectivity index (χ3v) is 7.16. The van der Waals surface area contributed by atoms with Crippen LogP contribution in [0.25, 0.3) is 10.4 Å². The highest BCUT2D eigenvalue weighted by molar-refractivity contribution is 7.20. The van der Waals surface area contributed by atoms with Gasteiger partial charge in [0, 0.05) is 23.8 Å². The van der Waals surface area contributed by atoms with E-state index in [-0.39, 0.29) is 49.9 Å². The van der Waals surface area contributed by atoms with Crippen LogP contribution in [0.2, 0.25) is 0 Å². The molecule has 0 atom stereocenters. The zero-order chi connectivity index (χ0) is 26.9. The molecule has 2 heterocycles. The lowest BCUT2D eigenvalue weighted by molar-refractivity contribution is -0.120. The highest BCUT2D eigenvalue weighted by Gasteiger charge is 2.25. The molecule has 4 rings (SSSR count). The van der Waals surface area contributed by atoms with Gasteiger partial charge in [-0.25, -0.2) is 13.8 Å². The first kappa shape index (κ1) is 26.4. The topological polar surface area (TPSA) is 134 Å². The minimum Gasteiger partial charge on any atom is -0.386 e. The van der Waals surface area contributed by atoms with Crippen LogP contribution in [0, 0.1) is 11.6 Å². The minimum absolute atomic E-state index is 0.00566. The number of amides is 2. The Balaban J connectivity index is 1.59. The Hall–Kier alpha value is -3.70. The number of pyridine rings is 1. The highest BCUT2D eigenvalue weighted by Crippen LogP contribution is 2.40. The first-order valence-corrected chi connectivity index (χ1v) is 12.5. The van der Waals surface area contributed by atoms with E-state index in [1.807, 2.05) is 0 Å². The fourth-order valence-electron chi connectivity index (χ4n) is 4.04. The van der Waals surface area contributed by atoms with Crippen LogP contribution in [-0.2, 0) is 10.4 Å². The number of Topliss-reactive ketones (excluding diaryl/α,β-unsaturated/α-hetero) is 1. The number of primary amides is 1. The fraction of sp³-hybridized carbons (Fsp3) is 0.308. The van der Waals surface area contributed by atoms with Gasteiger partial charge in [0.25, 0.3) is 11.8 Å². The number of aliphatic hydroxyl groups is 1. The van der Waals surface area contributed by atoms with Crippen LogP contribution in [0.4, 0.5) is 19.6 Å². The third kappa shape index (κ3) is 6.00. The number of ketones is 1. The first-order valence-electron chi connectivity index (χ1n) is 11.6. The van der Waals surface area contributed by atoms with E-state index >= 15 is 0 Å². The van der Waals surface area contributed by atoms with Gasteiger partial charge in [0.2, 0.25) is 0 Å². The summed E-state index contributed by atoms with van der Waals surface area (Å²) in [6, 6.07) is 7.95. The molecule has 5 N–H and O–H groups in total. The summed E-state index contributed by atoms with van der Waals surface area (Å²) >= 11 is 0.893. The number of nitrogens with two attached hydrogens (primary N) is 1. The maximum atomic E-state index is 14.9. The average Bonchev–Trinajstić information content (AvgIpc) is 3.23. The van der Waals surface area contributed by atoms with Crippen molar-refractivity contribution in [2.75, 3.05) is 5.32 Å². The van der Waals surface area contributed by atoms with Crippen molar-refractivity contribution >= 4 is 39.8 Å². The fourth-order valence-corrected chi connectivity index (χ4v) is 5.16. The second kappa shape index (κ2) is 10.3. The Bertz CT molecular complexity index is 1350. The predicted molar refractivity (Wildman–Crippen MR) is 136 cm³/mol. The van der Waals surface area contributed by atoms with E-state index in [1.54, 1.807) is 12.1 Å². The summed E-state index contributed by atoms with van der Waals surface area (Å²) in [5.41, 5.74) is 3.88. The molecule has 0 spiro atoms. The second-order valence-electron chi connectivity index (χ2n) is 9.41. The molecule has 0 aliphatic heterocycles. The lowest BCUT2D eigenvalue weighted by atomic mass is 9.94. The smallest absolute Gasteiger partial charge is 0.270 e. The molecule has 1 saturated carbocycles. The summed E-state index contributed by atoms with van der Waals surface area (Å²) in [5.74, 6) is -2.62. The number of carbonyl (C=O) groups is 3. The molecule has 0 unspecified atom stereocenters. The summed E-state index contributed by atoms with van der Waals surface area (Å²) in [4.78, 5) is 40.6. The molecule has 2 aromatic heterocycles. The van der Waals surface area contributed by atoms with Crippen molar-refractivity contribution in [2.24, 2.45) is 5.73 Å². The number of anilines is 2. The van der Waals surface area contributed by atoms with Crippen LogP contribution >= 0.6 is 11.3 Å². The van der Waals surface area contributed by atoms with E-state index in [9.17, 15) is 28.3 Å². The van der Waals surface area contributed by atoms with Gasteiger partial charge in [-0.1, -0.05) is 6.07 Å². The van der Waals surface area contributed by atoms with Crippen LogP contribution in [0.3, 0.4) is 0 Å². The standard InChI is InChI=1S/C26H26F2N4O4S/c1-26(2,36)13-10-17(27)22(18(28)11-13)20-12-16(23(29)34)25(37-20)32-21-5-3-4-19(31-21)24(35)30-14-6-8-15(33)9-7-14/h3-5,10-12,14,36H,6-9H2,1-2H3,(H2,29,34)(H,30,35)(H,31,32). The number of aromatic nitrogens is 1. The summed E-state index contributed by atoms with van der Waals surface area (Å²) in [7, 11) is 0. The molecule has 37 heavy (non-hydrogen) atoms. The zero-order valence-corrected chi connectivity index (χ0v) is 21.0. The summed E-state index contributed by atoms with van der Waals surface area (Å²) in [5, 5.41) is 16.1. The Morgan fingerprint density at radius 3 is 2.38 bits per heavy atom. The number of hydrogen-bond donors (Lipinski definition) is 4. The molecule has 0 bridgehead atoms. The molecule has 2 amide bonds. The van der Waals surface area contributed by atoms with E-state index in [2.05, 4.69) is 15.6 Å². The van der Waals surface area contributed by atoms with Crippen molar-refractivity contribution in [1.29, 1.82) is 0 Å². The zero-order valence-electron chi connectivity index (χ0n) is 20.2. The van der Waals surface area contributed by atoms with Gasteiger partial charge in [-0.3, -0.25) is 14.4 Å². The second-order valence-corrected chi connectivity index (χ2v) is 10.5. The van der Waals surface area contributed by atoms with E-state index in [4.69, 9.17) is 5.73 Å². The molecule has 11 heteroatoms. The number of nitrogens with zero attached hydrogens (tertiary/aromatic N) is 1. The van der Waals surface area contributed by atoms with Crippen LogP contribution < -0.4 is 16.4 Å². The number of carbonyl (C=O) groups excluding carboxylic acids is 3.